The predicted octanol–water partition coefficient (Wildman–Crippen LogP) is 4.05. The molecule has 0 N–H and O–H groups in total. The standard InChI is InChI=1S/C15H16BrNO3S2/c1-20-13-7-6-11(16)10-15(13)22(18,19)17-8-2-4-12(17)14-5-3-9-21-14/h3,5-7,9-10,12H,2,4,8H2,1H3/t12-/m0/s1. The summed E-state index contributed by atoms with van der Waals surface area (Å²) in [6, 6.07) is 8.95. The molecule has 0 aliphatic carbocycles. The van der Waals surface area contributed by atoms with E-state index in [-0.39, 0.29) is 10.9 Å². The molecule has 22 heavy (non-hydrogen) atoms. The van der Waals surface area contributed by atoms with Crippen molar-refractivity contribution in [2.75, 3.05) is 13.7 Å². The zero-order chi connectivity index (χ0) is 15.7. The average molecular weight is 402 g/mol. The van der Waals surface area contributed by atoms with Crippen molar-refractivity contribution in [1.29, 1.82) is 0 Å². The van der Waals surface area contributed by atoms with E-state index in [0.29, 0.717) is 12.3 Å². The zero-order valence-corrected chi connectivity index (χ0v) is 15.2. The minimum atomic E-state index is -3.59. The van der Waals surface area contributed by atoms with Crippen molar-refractivity contribution >= 4 is 37.3 Å². The summed E-state index contributed by atoms with van der Waals surface area (Å²) < 4.78 is 33.8. The van der Waals surface area contributed by atoms with Gasteiger partial charge in [-0.25, -0.2) is 8.42 Å². The van der Waals surface area contributed by atoms with Crippen LogP contribution in [0.4, 0.5) is 0 Å². The lowest BCUT2D eigenvalue weighted by Crippen LogP contribution is -2.30. The number of rotatable bonds is 4. The van der Waals surface area contributed by atoms with Gasteiger partial charge < -0.3 is 4.74 Å². The van der Waals surface area contributed by atoms with E-state index < -0.39 is 10.0 Å². The Morgan fingerprint density at radius 3 is 2.86 bits per heavy atom. The molecule has 0 amide bonds. The molecular formula is C15H16BrNO3S2. The average Bonchev–Trinajstić information content (AvgIpc) is 3.18. The first kappa shape index (κ1) is 16.0. The third-order valence-electron chi connectivity index (χ3n) is 3.79. The smallest absolute Gasteiger partial charge is 0.247 e. The number of methoxy groups -OCH3 is 1. The topological polar surface area (TPSA) is 46.6 Å². The van der Waals surface area contributed by atoms with Crippen LogP contribution >= 0.6 is 27.3 Å². The van der Waals surface area contributed by atoms with Crippen LogP contribution in [0.25, 0.3) is 0 Å². The molecule has 4 nitrogen and oxygen atoms in total. The third kappa shape index (κ3) is 2.82. The zero-order valence-electron chi connectivity index (χ0n) is 12.0. The van der Waals surface area contributed by atoms with Crippen molar-refractivity contribution < 1.29 is 13.2 Å². The quantitative estimate of drug-likeness (QED) is 0.776. The minimum Gasteiger partial charge on any atom is -0.495 e. The Balaban J connectivity index is 2.04. The van der Waals surface area contributed by atoms with E-state index in [1.807, 2.05) is 17.5 Å². The van der Waals surface area contributed by atoms with Crippen LogP contribution in [0.2, 0.25) is 0 Å². The fourth-order valence-corrected chi connectivity index (χ4v) is 6.08. The molecular weight excluding hydrogens is 386 g/mol. The van der Waals surface area contributed by atoms with Crippen LogP contribution in [0.15, 0.2) is 45.1 Å². The first-order valence-corrected chi connectivity index (χ1v) is 10.0. The molecule has 2 aromatic rings. The van der Waals surface area contributed by atoms with Crippen LogP contribution in [0.3, 0.4) is 0 Å². The summed E-state index contributed by atoms with van der Waals surface area (Å²) >= 11 is 4.95. The third-order valence-corrected chi connectivity index (χ3v) is 7.18. The van der Waals surface area contributed by atoms with Gasteiger partial charge in [-0.1, -0.05) is 22.0 Å². The van der Waals surface area contributed by atoms with Crippen LogP contribution in [-0.2, 0) is 10.0 Å². The molecule has 1 aromatic carbocycles. The Bertz CT molecular complexity index is 759. The SMILES string of the molecule is COc1ccc(Br)cc1S(=O)(=O)N1CCC[C@H]1c1cccs1. The summed E-state index contributed by atoms with van der Waals surface area (Å²) in [5, 5.41) is 1.98. The molecule has 7 heteroatoms. The van der Waals surface area contributed by atoms with E-state index in [1.165, 1.54) is 7.11 Å². The minimum absolute atomic E-state index is 0.0753. The Labute approximate surface area is 142 Å². The van der Waals surface area contributed by atoms with Gasteiger partial charge in [0.25, 0.3) is 0 Å². The second-order valence-corrected chi connectivity index (χ2v) is 8.84. The van der Waals surface area contributed by atoms with Crippen LogP contribution in [0, 0.1) is 0 Å². The molecule has 1 saturated heterocycles. The lowest BCUT2D eigenvalue weighted by Gasteiger charge is -2.24. The molecule has 0 saturated carbocycles. The number of halogens is 1. The van der Waals surface area contributed by atoms with Crippen LogP contribution < -0.4 is 4.74 Å². The maximum absolute atomic E-state index is 13.1. The molecule has 3 rings (SSSR count). The monoisotopic (exact) mass is 401 g/mol. The lowest BCUT2D eigenvalue weighted by atomic mass is 10.2. The Hall–Kier alpha value is -0.890. The van der Waals surface area contributed by atoms with E-state index in [2.05, 4.69) is 15.9 Å². The molecule has 0 bridgehead atoms. The van der Waals surface area contributed by atoms with Crippen LogP contribution in [0.1, 0.15) is 23.8 Å². The molecule has 2 heterocycles. The lowest BCUT2D eigenvalue weighted by molar-refractivity contribution is 0.383. The van der Waals surface area contributed by atoms with Gasteiger partial charge in [0.1, 0.15) is 10.6 Å². The largest absolute Gasteiger partial charge is 0.495 e. The van der Waals surface area contributed by atoms with Gasteiger partial charge in [-0.05, 0) is 42.5 Å². The highest BCUT2D eigenvalue weighted by Gasteiger charge is 2.38. The summed E-state index contributed by atoms with van der Waals surface area (Å²) in [6.07, 6.45) is 1.73. The van der Waals surface area contributed by atoms with Gasteiger partial charge in [-0.2, -0.15) is 4.31 Å². The Morgan fingerprint density at radius 1 is 1.36 bits per heavy atom. The highest BCUT2D eigenvalue weighted by Crippen LogP contribution is 2.40. The molecule has 1 fully saturated rings. The van der Waals surface area contributed by atoms with Crippen molar-refractivity contribution in [3.8, 4) is 5.75 Å². The Kier molecular flexibility index (Phi) is 4.59. The van der Waals surface area contributed by atoms with E-state index in [4.69, 9.17) is 4.74 Å². The first-order valence-electron chi connectivity index (χ1n) is 6.93. The number of hydrogen-bond donors (Lipinski definition) is 0. The summed E-state index contributed by atoms with van der Waals surface area (Å²) in [4.78, 5) is 1.31. The van der Waals surface area contributed by atoms with Crippen molar-refractivity contribution in [1.82, 2.24) is 4.31 Å². The van der Waals surface area contributed by atoms with Gasteiger partial charge in [0.2, 0.25) is 10.0 Å². The highest BCUT2D eigenvalue weighted by molar-refractivity contribution is 9.10. The van der Waals surface area contributed by atoms with Crippen molar-refractivity contribution in [2.24, 2.45) is 0 Å². The van der Waals surface area contributed by atoms with E-state index >= 15 is 0 Å². The van der Waals surface area contributed by atoms with Crippen molar-refractivity contribution in [2.45, 2.75) is 23.8 Å². The summed E-state index contributed by atoms with van der Waals surface area (Å²) in [5.41, 5.74) is 0. The van der Waals surface area contributed by atoms with Gasteiger partial charge in [0.05, 0.1) is 13.2 Å². The van der Waals surface area contributed by atoms with Crippen molar-refractivity contribution in [3.63, 3.8) is 0 Å². The molecule has 0 radical (unpaired) electrons. The summed E-state index contributed by atoms with van der Waals surface area (Å²) in [5.74, 6) is 0.375. The fraction of sp³-hybridized carbons (Fsp3) is 0.333. The molecule has 1 aliphatic rings. The van der Waals surface area contributed by atoms with Crippen LogP contribution in [0.5, 0.6) is 5.75 Å². The maximum atomic E-state index is 13.1. The number of sulfonamides is 1. The molecule has 118 valence electrons. The molecule has 1 atom stereocenters. The number of nitrogens with zero attached hydrogens (tertiary/aromatic N) is 1. The van der Waals surface area contributed by atoms with Crippen LogP contribution in [-0.4, -0.2) is 26.4 Å². The second-order valence-electron chi connectivity index (χ2n) is 5.08. The Morgan fingerprint density at radius 2 is 2.18 bits per heavy atom. The number of ether oxygens (including phenoxy) is 1. The van der Waals surface area contributed by atoms with Gasteiger partial charge in [0, 0.05) is 15.9 Å². The second kappa shape index (κ2) is 6.31. The first-order chi connectivity index (χ1) is 10.5. The fourth-order valence-electron chi connectivity index (χ4n) is 2.77. The number of thiophene rings is 1. The summed E-state index contributed by atoms with van der Waals surface area (Å²) in [7, 11) is -2.11. The maximum Gasteiger partial charge on any atom is 0.247 e. The number of benzene rings is 1. The van der Waals surface area contributed by atoms with E-state index in [9.17, 15) is 8.42 Å². The molecule has 0 unspecified atom stereocenters. The number of hydrogen-bond acceptors (Lipinski definition) is 4. The van der Waals surface area contributed by atoms with E-state index in [1.54, 1.807) is 33.8 Å². The summed E-state index contributed by atoms with van der Waals surface area (Å²) in [6.45, 7) is 0.542. The highest BCUT2D eigenvalue weighted by atomic mass is 79.9. The predicted molar refractivity (Wildman–Crippen MR) is 90.9 cm³/mol. The molecule has 0 spiro atoms. The van der Waals surface area contributed by atoms with Crippen molar-refractivity contribution in [3.05, 3.63) is 45.1 Å². The van der Waals surface area contributed by atoms with E-state index in [0.717, 1.165) is 22.2 Å². The molecule has 1 aliphatic heterocycles. The molecule has 1 aromatic heterocycles. The van der Waals surface area contributed by atoms with Gasteiger partial charge in [-0.3, -0.25) is 0 Å². The van der Waals surface area contributed by atoms with Gasteiger partial charge >= 0.3 is 0 Å². The van der Waals surface area contributed by atoms with Gasteiger partial charge in [0.15, 0.2) is 0 Å². The normalized spacial score (nSPS) is 19.5. The van der Waals surface area contributed by atoms with Gasteiger partial charge in [-0.15, -0.1) is 11.3 Å².